The third-order valence-corrected chi connectivity index (χ3v) is 4.94. The number of halogens is 3. The molecule has 0 spiro atoms. The lowest BCUT2D eigenvalue weighted by atomic mass is 9.99. The summed E-state index contributed by atoms with van der Waals surface area (Å²) in [6.07, 6.45) is -2.48. The summed E-state index contributed by atoms with van der Waals surface area (Å²) in [6, 6.07) is 4.93. The quantitative estimate of drug-likeness (QED) is 0.889. The second-order valence-electron chi connectivity index (χ2n) is 6.62. The molecule has 5 nitrogen and oxygen atoms in total. The van der Waals surface area contributed by atoms with Crippen molar-refractivity contribution in [3.63, 3.8) is 0 Å². The fourth-order valence-corrected chi connectivity index (χ4v) is 3.52. The van der Waals surface area contributed by atoms with E-state index in [2.05, 4.69) is 10.2 Å². The Hall–Kier alpha value is -2.35. The maximum absolute atomic E-state index is 12.7. The Bertz CT molecular complexity index is 808. The highest BCUT2D eigenvalue weighted by molar-refractivity contribution is 5.82. The standard InChI is InChI=1S/C18H18F3N3O2/c19-18(20,21)12-5-3-11(4-6-12)16-13-10-24(8-7-14(13)22-23-16)17(25)15-2-1-9-26-15/h3-6,15H,1-2,7-10H2,(H,22,23)/t15-/m0/s1. The molecular weight excluding hydrogens is 347 g/mol. The van der Waals surface area contributed by atoms with Crippen molar-refractivity contribution >= 4 is 5.91 Å². The van der Waals surface area contributed by atoms with Crippen LogP contribution < -0.4 is 0 Å². The molecule has 2 aliphatic rings. The largest absolute Gasteiger partial charge is 0.416 e. The van der Waals surface area contributed by atoms with Gasteiger partial charge < -0.3 is 9.64 Å². The first-order chi connectivity index (χ1) is 12.4. The number of ether oxygens (including phenoxy) is 1. The average Bonchev–Trinajstić information content (AvgIpc) is 3.30. The molecule has 8 heteroatoms. The molecule has 1 saturated heterocycles. The number of carbonyl (C=O) groups is 1. The monoisotopic (exact) mass is 365 g/mol. The zero-order chi connectivity index (χ0) is 18.3. The van der Waals surface area contributed by atoms with Crippen LogP contribution in [-0.4, -0.2) is 40.3 Å². The highest BCUT2D eigenvalue weighted by Crippen LogP contribution is 2.33. The predicted octanol–water partition coefficient (Wildman–Crippen LogP) is 3.16. The van der Waals surface area contributed by atoms with E-state index in [1.807, 2.05) is 0 Å². The van der Waals surface area contributed by atoms with Crippen LogP contribution in [0.1, 0.15) is 29.7 Å². The van der Waals surface area contributed by atoms with Crippen molar-refractivity contribution < 1.29 is 22.7 Å². The molecule has 0 unspecified atom stereocenters. The fourth-order valence-electron chi connectivity index (χ4n) is 3.52. The molecular formula is C18H18F3N3O2. The van der Waals surface area contributed by atoms with E-state index in [0.717, 1.165) is 36.2 Å². The molecule has 4 rings (SSSR count). The van der Waals surface area contributed by atoms with Gasteiger partial charge in [-0.05, 0) is 25.0 Å². The number of hydrogen-bond donors (Lipinski definition) is 1. The van der Waals surface area contributed by atoms with Gasteiger partial charge in [0.2, 0.25) is 0 Å². The molecule has 3 heterocycles. The number of fused-ring (bicyclic) bond motifs is 1. The van der Waals surface area contributed by atoms with Crippen molar-refractivity contribution in [2.45, 2.75) is 38.1 Å². The molecule has 1 aromatic carbocycles. The van der Waals surface area contributed by atoms with Crippen LogP contribution in [0.2, 0.25) is 0 Å². The summed E-state index contributed by atoms with van der Waals surface area (Å²) in [5.74, 6) is -0.0206. The molecule has 1 fully saturated rings. The molecule has 2 aromatic rings. The molecule has 26 heavy (non-hydrogen) atoms. The summed E-state index contributed by atoms with van der Waals surface area (Å²) >= 11 is 0. The Morgan fingerprint density at radius 3 is 2.69 bits per heavy atom. The van der Waals surface area contributed by atoms with E-state index in [-0.39, 0.29) is 12.0 Å². The van der Waals surface area contributed by atoms with E-state index in [9.17, 15) is 18.0 Å². The maximum atomic E-state index is 12.7. The van der Waals surface area contributed by atoms with Gasteiger partial charge in [-0.1, -0.05) is 12.1 Å². The molecule has 1 amide bonds. The Balaban J connectivity index is 1.58. The predicted molar refractivity (Wildman–Crippen MR) is 87.1 cm³/mol. The van der Waals surface area contributed by atoms with Gasteiger partial charge in [0.25, 0.3) is 5.91 Å². The van der Waals surface area contributed by atoms with Crippen LogP contribution in [0, 0.1) is 0 Å². The third kappa shape index (κ3) is 3.09. The zero-order valence-corrected chi connectivity index (χ0v) is 14.0. The molecule has 0 saturated carbocycles. The number of nitrogens with one attached hydrogen (secondary N) is 1. The maximum Gasteiger partial charge on any atom is 0.416 e. The first-order valence-corrected chi connectivity index (χ1v) is 8.57. The summed E-state index contributed by atoms with van der Waals surface area (Å²) in [7, 11) is 0. The van der Waals surface area contributed by atoms with Crippen molar-refractivity contribution in [3.8, 4) is 11.3 Å². The Morgan fingerprint density at radius 2 is 2.04 bits per heavy atom. The summed E-state index contributed by atoms with van der Waals surface area (Å²) in [5.41, 5.74) is 2.29. The smallest absolute Gasteiger partial charge is 0.368 e. The second kappa shape index (κ2) is 6.42. The van der Waals surface area contributed by atoms with E-state index >= 15 is 0 Å². The van der Waals surface area contributed by atoms with Crippen LogP contribution in [0.5, 0.6) is 0 Å². The minimum atomic E-state index is -4.37. The van der Waals surface area contributed by atoms with Crippen LogP contribution in [0.4, 0.5) is 13.2 Å². The molecule has 138 valence electrons. The number of alkyl halides is 3. The summed E-state index contributed by atoms with van der Waals surface area (Å²) < 4.78 is 43.7. The normalized spacial score (nSPS) is 20.3. The second-order valence-corrected chi connectivity index (χ2v) is 6.62. The van der Waals surface area contributed by atoms with Gasteiger partial charge in [-0.2, -0.15) is 18.3 Å². The summed E-state index contributed by atoms with van der Waals surface area (Å²) in [4.78, 5) is 14.3. The third-order valence-electron chi connectivity index (χ3n) is 4.94. The number of H-pyrrole nitrogens is 1. The van der Waals surface area contributed by atoms with Crippen LogP contribution in [0.25, 0.3) is 11.3 Å². The number of aromatic nitrogens is 2. The Labute approximate surface area is 148 Å². The first kappa shape index (κ1) is 17.1. The number of benzene rings is 1. The van der Waals surface area contributed by atoms with Crippen LogP contribution in [0.3, 0.4) is 0 Å². The molecule has 1 atom stereocenters. The van der Waals surface area contributed by atoms with Crippen LogP contribution >= 0.6 is 0 Å². The van der Waals surface area contributed by atoms with Gasteiger partial charge in [-0.15, -0.1) is 0 Å². The van der Waals surface area contributed by atoms with E-state index in [0.29, 0.717) is 37.4 Å². The van der Waals surface area contributed by atoms with Gasteiger partial charge in [0.1, 0.15) is 6.10 Å². The van der Waals surface area contributed by atoms with Gasteiger partial charge in [0.05, 0.1) is 11.3 Å². The Morgan fingerprint density at radius 1 is 1.27 bits per heavy atom. The SMILES string of the molecule is O=C([C@@H]1CCCO1)N1CCc2[nH]nc(-c3ccc(C(F)(F)F)cc3)c2C1. The van der Waals surface area contributed by atoms with Gasteiger partial charge >= 0.3 is 6.18 Å². The van der Waals surface area contributed by atoms with E-state index in [4.69, 9.17) is 4.74 Å². The molecule has 0 radical (unpaired) electrons. The highest BCUT2D eigenvalue weighted by Gasteiger charge is 2.33. The van der Waals surface area contributed by atoms with E-state index in [1.54, 1.807) is 4.90 Å². The minimum absolute atomic E-state index is 0.0206. The first-order valence-electron chi connectivity index (χ1n) is 8.57. The van der Waals surface area contributed by atoms with Gasteiger partial charge in [-0.25, -0.2) is 0 Å². The average molecular weight is 365 g/mol. The topological polar surface area (TPSA) is 58.2 Å². The molecule has 1 N–H and O–H groups in total. The molecule has 1 aromatic heterocycles. The number of rotatable bonds is 2. The van der Waals surface area contributed by atoms with Gasteiger partial charge in [0, 0.05) is 42.9 Å². The van der Waals surface area contributed by atoms with Crippen molar-refractivity contribution in [3.05, 3.63) is 41.1 Å². The van der Waals surface area contributed by atoms with Crippen LogP contribution in [0.15, 0.2) is 24.3 Å². The number of aromatic amines is 1. The van der Waals surface area contributed by atoms with Crippen molar-refractivity contribution in [2.24, 2.45) is 0 Å². The van der Waals surface area contributed by atoms with E-state index < -0.39 is 11.7 Å². The van der Waals surface area contributed by atoms with Gasteiger partial charge in [0.15, 0.2) is 0 Å². The van der Waals surface area contributed by atoms with Crippen molar-refractivity contribution in [1.82, 2.24) is 15.1 Å². The highest BCUT2D eigenvalue weighted by atomic mass is 19.4. The van der Waals surface area contributed by atoms with Gasteiger partial charge in [-0.3, -0.25) is 9.89 Å². The molecule has 0 bridgehead atoms. The lowest BCUT2D eigenvalue weighted by Crippen LogP contribution is -2.41. The minimum Gasteiger partial charge on any atom is -0.368 e. The number of amides is 1. The van der Waals surface area contributed by atoms with Crippen molar-refractivity contribution in [1.29, 1.82) is 0 Å². The van der Waals surface area contributed by atoms with Crippen LogP contribution in [-0.2, 0) is 28.7 Å². The number of carbonyl (C=O) groups excluding carboxylic acids is 1. The Kier molecular flexibility index (Phi) is 4.22. The van der Waals surface area contributed by atoms with Crippen molar-refractivity contribution in [2.75, 3.05) is 13.2 Å². The number of hydrogen-bond acceptors (Lipinski definition) is 3. The number of nitrogens with zero attached hydrogens (tertiary/aromatic N) is 2. The summed E-state index contributed by atoms with van der Waals surface area (Å²) in [5, 5.41) is 7.23. The van der Waals surface area contributed by atoms with E-state index in [1.165, 1.54) is 12.1 Å². The zero-order valence-electron chi connectivity index (χ0n) is 14.0. The fraction of sp³-hybridized carbons (Fsp3) is 0.444. The summed E-state index contributed by atoms with van der Waals surface area (Å²) in [6.45, 7) is 1.58. The molecule has 2 aliphatic heterocycles. The molecule has 0 aliphatic carbocycles. The lowest BCUT2D eigenvalue weighted by Gasteiger charge is -2.29. The lowest BCUT2D eigenvalue weighted by molar-refractivity contribution is -0.142.